The van der Waals surface area contributed by atoms with Crippen LogP contribution in [-0.2, 0) is 22.6 Å². The first-order valence-corrected chi connectivity index (χ1v) is 9.03. The van der Waals surface area contributed by atoms with Gasteiger partial charge in [-0.15, -0.1) is 0 Å². The van der Waals surface area contributed by atoms with E-state index in [1.165, 1.54) is 4.90 Å². The van der Waals surface area contributed by atoms with Crippen LogP contribution in [0.2, 0.25) is 0 Å². The summed E-state index contributed by atoms with van der Waals surface area (Å²) in [6, 6.07) is 2.97. The van der Waals surface area contributed by atoms with Crippen molar-refractivity contribution in [3.8, 4) is 11.5 Å². The molecule has 1 N–H and O–H groups in total. The van der Waals surface area contributed by atoms with Crippen molar-refractivity contribution in [3.05, 3.63) is 23.3 Å². The van der Waals surface area contributed by atoms with E-state index in [9.17, 15) is 14.4 Å². The quantitative estimate of drug-likeness (QED) is 0.551. The van der Waals surface area contributed by atoms with E-state index in [2.05, 4.69) is 0 Å². The zero-order valence-corrected chi connectivity index (χ0v) is 15.6. The molecule has 146 valence electrons. The predicted octanol–water partition coefficient (Wildman–Crippen LogP) is 2.04. The highest BCUT2D eigenvalue weighted by molar-refractivity contribution is 6.04. The van der Waals surface area contributed by atoms with E-state index < -0.39 is 12.0 Å². The van der Waals surface area contributed by atoms with Crippen molar-refractivity contribution in [3.63, 3.8) is 0 Å². The second-order valence-electron chi connectivity index (χ2n) is 6.80. The van der Waals surface area contributed by atoms with E-state index in [1.54, 1.807) is 19.1 Å². The van der Waals surface area contributed by atoms with Gasteiger partial charge in [-0.05, 0) is 36.1 Å². The van der Waals surface area contributed by atoms with Crippen LogP contribution in [0.25, 0.3) is 0 Å². The minimum Gasteiger partial charge on any atom is -0.493 e. The second-order valence-corrected chi connectivity index (χ2v) is 6.80. The third kappa shape index (κ3) is 3.70. The number of fused-ring (bicyclic) bond motifs is 2. The van der Waals surface area contributed by atoms with E-state index in [0.717, 1.165) is 11.1 Å². The number of benzene rings is 1. The Bertz CT molecular complexity index is 712. The van der Waals surface area contributed by atoms with E-state index in [1.807, 2.05) is 12.1 Å². The normalized spacial score (nSPS) is 18.4. The van der Waals surface area contributed by atoms with E-state index in [-0.39, 0.29) is 18.4 Å². The van der Waals surface area contributed by atoms with Gasteiger partial charge >= 0.3 is 12.0 Å². The average Bonchev–Trinajstić information content (AvgIpc) is 2.88. The van der Waals surface area contributed by atoms with Crippen molar-refractivity contribution < 1.29 is 29.0 Å². The van der Waals surface area contributed by atoms with Gasteiger partial charge in [0.15, 0.2) is 11.5 Å². The molecule has 1 aromatic rings. The molecule has 8 nitrogen and oxygen atoms in total. The maximum absolute atomic E-state index is 12.7. The molecular formula is C19H24N2O6. The zero-order valence-electron chi connectivity index (χ0n) is 15.6. The second kappa shape index (κ2) is 7.85. The lowest BCUT2D eigenvalue weighted by atomic mass is 9.94. The number of urea groups is 1. The van der Waals surface area contributed by atoms with E-state index >= 15 is 0 Å². The number of nitrogens with zero attached hydrogens (tertiary/aromatic N) is 2. The van der Waals surface area contributed by atoms with Gasteiger partial charge in [0.1, 0.15) is 6.04 Å². The Morgan fingerprint density at radius 1 is 1.11 bits per heavy atom. The average molecular weight is 376 g/mol. The summed E-state index contributed by atoms with van der Waals surface area (Å²) < 4.78 is 10.7. The number of carboxylic acid groups (broad SMARTS) is 1. The third-order valence-electron chi connectivity index (χ3n) is 5.14. The Labute approximate surface area is 157 Å². The maximum atomic E-state index is 12.7. The van der Waals surface area contributed by atoms with Crippen molar-refractivity contribution in [1.29, 1.82) is 0 Å². The first-order valence-electron chi connectivity index (χ1n) is 9.03. The topological polar surface area (TPSA) is 96.4 Å². The van der Waals surface area contributed by atoms with Crippen LogP contribution in [0.4, 0.5) is 4.79 Å². The van der Waals surface area contributed by atoms with Gasteiger partial charge < -0.3 is 19.5 Å². The third-order valence-corrected chi connectivity index (χ3v) is 5.14. The summed E-state index contributed by atoms with van der Waals surface area (Å²) in [5.41, 5.74) is 1.94. The SMILES string of the molecule is COc1cc2c(cc1OC)CN1C(=O)N(CCCCCC(=O)O)C(=O)C1C2. The van der Waals surface area contributed by atoms with Gasteiger partial charge in [-0.25, -0.2) is 4.79 Å². The number of amides is 3. The molecule has 0 radical (unpaired) electrons. The molecule has 1 fully saturated rings. The molecule has 27 heavy (non-hydrogen) atoms. The molecular weight excluding hydrogens is 352 g/mol. The molecule has 1 aromatic carbocycles. The summed E-state index contributed by atoms with van der Waals surface area (Å²) in [6.07, 6.45) is 2.39. The molecule has 3 rings (SSSR count). The van der Waals surface area contributed by atoms with Crippen molar-refractivity contribution in [2.75, 3.05) is 20.8 Å². The molecule has 3 amide bonds. The molecule has 1 atom stereocenters. The summed E-state index contributed by atoms with van der Waals surface area (Å²) in [4.78, 5) is 38.9. The molecule has 0 saturated carbocycles. The fraction of sp³-hybridized carbons (Fsp3) is 0.526. The number of imide groups is 1. The fourth-order valence-corrected chi connectivity index (χ4v) is 3.69. The lowest BCUT2D eigenvalue weighted by Gasteiger charge is -2.29. The van der Waals surface area contributed by atoms with Crippen LogP contribution in [0.15, 0.2) is 12.1 Å². The highest BCUT2D eigenvalue weighted by Crippen LogP contribution is 2.37. The summed E-state index contributed by atoms with van der Waals surface area (Å²) in [5, 5.41) is 8.67. The highest BCUT2D eigenvalue weighted by atomic mass is 16.5. The van der Waals surface area contributed by atoms with Gasteiger partial charge in [0, 0.05) is 25.9 Å². The maximum Gasteiger partial charge on any atom is 0.327 e. The predicted molar refractivity (Wildman–Crippen MR) is 95.8 cm³/mol. The standard InChI is InChI=1S/C19H24N2O6/c1-26-15-9-12-8-14-18(24)20(7-5-3-4-6-17(22)23)19(25)21(14)11-13(12)10-16(15)27-2/h9-10,14H,3-8,11H2,1-2H3,(H,22,23). The lowest BCUT2D eigenvalue weighted by Crippen LogP contribution is -2.40. The number of carbonyl (C=O) groups is 3. The number of methoxy groups -OCH3 is 2. The molecule has 2 aliphatic heterocycles. The Hall–Kier alpha value is -2.77. The van der Waals surface area contributed by atoms with Crippen molar-refractivity contribution in [2.45, 2.75) is 44.7 Å². The van der Waals surface area contributed by atoms with E-state index in [4.69, 9.17) is 14.6 Å². The summed E-state index contributed by atoms with van der Waals surface area (Å²) in [6.45, 7) is 0.688. The minimum atomic E-state index is -0.830. The van der Waals surface area contributed by atoms with Crippen LogP contribution in [0, 0.1) is 0 Å². The number of aliphatic carboxylic acids is 1. The number of carboxylic acids is 1. The molecule has 1 unspecified atom stereocenters. The van der Waals surface area contributed by atoms with Gasteiger partial charge in [-0.3, -0.25) is 14.5 Å². The molecule has 8 heteroatoms. The number of carbonyl (C=O) groups excluding carboxylic acids is 2. The van der Waals surface area contributed by atoms with Crippen LogP contribution < -0.4 is 9.47 Å². The number of unbranched alkanes of at least 4 members (excludes halogenated alkanes) is 2. The molecule has 0 spiro atoms. The summed E-state index contributed by atoms with van der Waals surface area (Å²) in [5.74, 6) is 0.197. The number of hydrogen-bond acceptors (Lipinski definition) is 5. The number of ether oxygens (including phenoxy) is 2. The van der Waals surface area contributed by atoms with Crippen molar-refractivity contribution in [1.82, 2.24) is 9.80 Å². The largest absolute Gasteiger partial charge is 0.493 e. The van der Waals surface area contributed by atoms with Crippen molar-refractivity contribution in [2.24, 2.45) is 0 Å². The minimum absolute atomic E-state index is 0.107. The van der Waals surface area contributed by atoms with Gasteiger partial charge in [0.2, 0.25) is 0 Å². The molecule has 0 bridgehead atoms. The first-order chi connectivity index (χ1) is 13.0. The van der Waals surface area contributed by atoms with Gasteiger partial charge in [-0.1, -0.05) is 6.42 Å². The Balaban J connectivity index is 1.69. The molecule has 2 aliphatic rings. The van der Waals surface area contributed by atoms with E-state index in [0.29, 0.717) is 50.3 Å². The Morgan fingerprint density at radius 2 is 1.78 bits per heavy atom. The molecule has 0 aromatic heterocycles. The lowest BCUT2D eigenvalue weighted by molar-refractivity contribution is -0.137. The van der Waals surface area contributed by atoms with Gasteiger partial charge in [-0.2, -0.15) is 0 Å². The van der Waals surface area contributed by atoms with Gasteiger partial charge in [0.25, 0.3) is 5.91 Å². The number of rotatable bonds is 8. The number of hydrogen-bond donors (Lipinski definition) is 1. The first kappa shape index (κ1) is 19.0. The van der Waals surface area contributed by atoms with Crippen LogP contribution in [-0.4, -0.2) is 59.6 Å². The zero-order chi connectivity index (χ0) is 19.6. The fourth-order valence-electron chi connectivity index (χ4n) is 3.69. The highest BCUT2D eigenvalue weighted by Gasteiger charge is 2.47. The summed E-state index contributed by atoms with van der Waals surface area (Å²) in [7, 11) is 3.13. The molecule has 1 saturated heterocycles. The summed E-state index contributed by atoms with van der Waals surface area (Å²) >= 11 is 0. The van der Waals surface area contributed by atoms with Crippen LogP contribution in [0.1, 0.15) is 36.8 Å². The van der Waals surface area contributed by atoms with Crippen LogP contribution in [0.3, 0.4) is 0 Å². The monoisotopic (exact) mass is 376 g/mol. The van der Waals surface area contributed by atoms with Crippen molar-refractivity contribution >= 4 is 17.9 Å². The Morgan fingerprint density at radius 3 is 2.41 bits per heavy atom. The Kier molecular flexibility index (Phi) is 5.53. The van der Waals surface area contributed by atoms with Crippen LogP contribution in [0.5, 0.6) is 11.5 Å². The molecule has 2 heterocycles. The molecule has 0 aliphatic carbocycles. The van der Waals surface area contributed by atoms with Gasteiger partial charge in [0.05, 0.1) is 14.2 Å². The smallest absolute Gasteiger partial charge is 0.327 e. The van der Waals surface area contributed by atoms with Crippen LogP contribution >= 0.6 is 0 Å².